The molecule has 0 spiro atoms. The predicted molar refractivity (Wildman–Crippen MR) is 80.4 cm³/mol. The van der Waals surface area contributed by atoms with Crippen LogP contribution in [-0.4, -0.2) is 31.6 Å². The van der Waals surface area contributed by atoms with Crippen LogP contribution >= 0.6 is 0 Å². The summed E-state index contributed by atoms with van der Waals surface area (Å²) in [7, 11) is 0. The van der Waals surface area contributed by atoms with E-state index in [9.17, 15) is 14.0 Å². The van der Waals surface area contributed by atoms with Crippen LogP contribution in [-0.2, 0) is 4.79 Å². The van der Waals surface area contributed by atoms with Gasteiger partial charge in [-0.1, -0.05) is 12.8 Å². The Labute approximate surface area is 127 Å². The van der Waals surface area contributed by atoms with E-state index in [1.54, 1.807) is 0 Å². The molecule has 22 heavy (non-hydrogen) atoms. The number of halogens is 1. The van der Waals surface area contributed by atoms with E-state index in [0.29, 0.717) is 12.2 Å². The van der Waals surface area contributed by atoms with Gasteiger partial charge in [0, 0.05) is 12.6 Å². The van der Waals surface area contributed by atoms with Crippen LogP contribution in [0.5, 0.6) is 5.75 Å². The minimum atomic E-state index is -0.652. The summed E-state index contributed by atoms with van der Waals surface area (Å²) < 4.78 is 19.2. The van der Waals surface area contributed by atoms with Crippen LogP contribution in [0.4, 0.5) is 20.6 Å². The second-order valence-corrected chi connectivity index (χ2v) is 4.65. The van der Waals surface area contributed by atoms with Crippen molar-refractivity contribution in [1.82, 2.24) is 5.32 Å². The second kappa shape index (κ2) is 6.80. The summed E-state index contributed by atoms with van der Waals surface area (Å²) in [6, 6.07) is 1.94. The Hall–Kier alpha value is -2.75. The number of terminal acetylenes is 1. The monoisotopic (exact) mass is 305 g/mol. The minimum absolute atomic E-state index is 0.0439. The number of amides is 3. The smallest absolute Gasteiger partial charge is 0.319 e. The maximum atomic E-state index is 14.0. The maximum absolute atomic E-state index is 14.0. The number of urea groups is 1. The Bertz CT molecular complexity index is 640. The van der Waals surface area contributed by atoms with Crippen molar-refractivity contribution in [2.75, 3.05) is 29.9 Å². The molecule has 1 heterocycles. The first-order valence-electron chi connectivity index (χ1n) is 6.81. The molecule has 0 unspecified atom stereocenters. The number of nitrogens with zero attached hydrogens (tertiary/aromatic N) is 1. The average Bonchev–Trinajstić information content (AvgIpc) is 2.49. The van der Waals surface area contributed by atoms with Crippen molar-refractivity contribution in [3.8, 4) is 18.1 Å². The summed E-state index contributed by atoms with van der Waals surface area (Å²) in [5, 5.41) is 4.97. The lowest BCUT2D eigenvalue weighted by molar-refractivity contribution is -0.121. The molecule has 1 aromatic carbocycles. The Kier molecular flexibility index (Phi) is 4.84. The first kappa shape index (κ1) is 15.6. The lowest BCUT2D eigenvalue weighted by Crippen LogP contribution is -2.39. The maximum Gasteiger partial charge on any atom is 0.319 e. The lowest BCUT2D eigenvalue weighted by Gasteiger charge is -2.28. The molecular weight excluding hydrogens is 289 g/mol. The standard InChI is InChI=1S/C15H16FN3O3/c1-3-5-17-15(21)18-11-8-12-13(7-10(11)16)22-9-14(20)19(12)6-4-2/h2,7-8H,3,5-6,9H2,1H3,(H2,17,18,21). The third-order valence-electron chi connectivity index (χ3n) is 3.02. The Morgan fingerprint density at radius 2 is 2.32 bits per heavy atom. The van der Waals surface area contributed by atoms with Crippen LogP contribution in [0.2, 0.25) is 0 Å². The fraction of sp³-hybridized carbons (Fsp3) is 0.333. The summed E-state index contributed by atoms with van der Waals surface area (Å²) in [6.07, 6.45) is 6.01. The fourth-order valence-corrected chi connectivity index (χ4v) is 1.99. The van der Waals surface area contributed by atoms with Gasteiger partial charge in [0.1, 0.15) is 5.75 Å². The van der Waals surface area contributed by atoms with Crippen LogP contribution in [0.25, 0.3) is 0 Å². The number of fused-ring (bicyclic) bond motifs is 1. The molecule has 0 bridgehead atoms. The predicted octanol–water partition coefficient (Wildman–Crippen LogP) is 1.72. The molecule has 1 aliphatic heterocycles. The van der Waals surface area contributed by atoms with Gasteiger partial charge in [-0.05, 0) is 12.5 Å². The molecule has 116 valence electrons. The molecule has 3 amide bonds. The zero-order chi connectivity index (χ0) is 16.1. The van der Waals surface area contributed by atoms with Gasteiger partial charge in [0.2, 0.25) is 0 Å². The number of rotatable bonds is 4. The van der Waals surface area contributed by atoms with Gasteiger partial charge in [0.15, 0.2) is 12.4 Å². The molecule has 0 aliphatic carbocycles. The van der Waals surface area contributed by atoms with Gasteiger partial charge in [-0.3, -0.25) is 9.69 Å². The number of carbonyl (C=O) groups is 2. The van der Waals surface area contributed by atoms with Crippen LogP contribution < -0.4 is 20.3 Å². The van der Waals surface area contributed by atoms with Crippen molar-refractivity contribution in [3.63, 3.8) is 0 Å². The minimum Gasteiger partial charge on any atom is -0.481 e. The highest BCUT2D eigenvalue weighted by Crippen LogP contribution is 2.36. The molecule has 0 atom stereocenters. The van der Waals surface area contributed by atoms with E-state index in [4.69, 9.17) is 11.2 Å². The molecule has 1 aromatic rings. The normalized spacial score (nSPS) is 13.0. The van der Waals surface area contributed by atoms with Crippen LogP contribution in [0, 0.1) is 18.2 Å². The molecule has 0 saturated carbocycles. The molecule has 2 rings (SSSR count). The summed E-state index contributed by atoms with van der Waals surface area (Å²) in [5.41, 5.74) is 0.286. The van der Waals surface area contributed by atoms with Gasteiger partial charge in [0.05, 0.1) is 17.9 Å². The molecule has 0 radical (unpaired) electrons. The van der Waals surface area contributed by atoms with E-state index in [2.05, 4.69) is 16.6 Å². The van der Waals surface area contributed by atoms with E-state index in [0.717, 1.165) is 12.5 Å². The highest BCUT2D eigenvalue weighted by atomic mass is 19.1. The van der Waals surface area contributed by atoms with E-state index in [1.165, 1.54) is 11.0 Å². The molecular formula is C15H16FN3O3. The quantitative estimate of drug-likeness (QED) is 0.832. The number of nitrogens with one attached hydrogen (secondary N) is 2. The van der Waals surface area contributed by atoms with Gasteiger partial charge in [-0.15, -0.1) is 6.42 Å². The van der Waals surface area contributed by atoms with Crippen molar-refractivity contribution < 1.29 is 18.7 Å². The highest BCUT2D eigenvalue weighted by Gasteiger charge is 2.27. The van der Waals surface area contributed by atoms with E-state index < -0.39 is 11.8 Å². The van der Waals surface area contributed by atoms with Crippen LogP contribution in [0.3, 0.4) is 0 Å². The topological polar surface area (TPSA) is 70.7 Å². The SMILES string of the molecule is C#CCN1C(=O)COc2cc(F)c(NC(=O)NCCC)cc21. The number of benzene rings is 1. The molecule has 0 saturated heterocycles. The number of anilines is 2. The summed E-state index contributed by atoms with van der Waals surface area (Å²) in [6.45, 7) is 2.23. The zero-order valence-electron chi connectivity index (χ0n) is 12.1. The molecule has 6 nitrogen and oxygen atoms in total. The largest absolute Gasteiger partial charge is 0.481 e. The van der Waals surface area contributed by atoms with E-state index >= 15 is 0 Å². The van der Waals surface area contributed by atoms with Crippen molar-refractivity contribution in [2.24, 2.45) is 0 Å². The second-order valence-electron chi connectivity index (χ2n) is 4.65. The van der Waals surface area contributed by atoms with Crippen LogP contribution in [0.15, 0.2) is 12.1 Å². The van der Waals surface area contributed by atoms with Crippen molar-refractivity contribution in [1.29, 1.82) is 0 Å². The number of ether oxygens (including phenoxy) is 1. The molecule has 0 fully saturated rings. The van der Waals surface area contributed by atoms with E-state index in [-0.39, 0.29) is 30.5 Å². The van der Waals surface area contributed by atoms with Gasteiger partial charge in [0.25, 0.3) is 5.91 Å². The Morgan fingerprint density at radius 3 is 3.00 bits per heavy atom. The van der Waals surface area contributed by atoms with Gasteiger partial charge >= 0.3 is 6.03 Å². The average molecular weight is 305 g/mol. The van der Waals surface area contributed by atoms with Crippen molar-refractivity contribution in [3.05, 3.63) is 17.9 Å². The molecule has 1 aliphatic rings. The van der Waals surface area contributed by atoms with E-state index in [1.807, 2.05) is 6.92 Å². The summed E-state index contributed by atoms with van der Waals surface area (Å²) >= 11 is 0. The highest BCUT2D eigenvalue weighted by molar-refractivity contribution is 5.99. The third kappa shape index (κ3) is 3.28. The van der Waals surface area contributed by atoms with Crippen molar-refractivity contribution in [2.45, 2.75) is 13.3 Å². The zero-order valence-corrected chi connectivity index (χ0v) is 12.1. The van der Waals surface area contributed by atoms with Gasteiger partial charge in [-0.2, -0.15) is 0 Å². The lowest BCUT2D eigenvalue weighted by atomic mass is 10.2. The van der Waals surface area contributed by atoms with Gasteiger partial charge in [-0.25, -0.2) is 9.18 Å². The molecule has 0 aromatic heterocycles. The van der Waals surface area contributed by atoms with Gasteiger partial charge < -0.3 is 15.4 Å². The fourth-order valence-electron chi connectivity index (χ4n) is 1.99. The Morgan fingerprint density at radius 1 is 1.55 bits per heavy atom. The van der Waals surface area contributed by atoms with Crippen molar-refractivity contribution >= 4 is 23.3 Å². The summed E-state index contributed by atoms with van der Waals surface area (Å²) in [5.74, 6) is 1.61. The third-order valence-corrected chi connectivity index (χ3v) is 3.02. The number of hydrogen-bond acceptors (Lipinski definition) is 3. The van der Waals surface area contributed by atoms with Crippen LogP contribution in [0.1, 0.15) is 13.3 Å². The molecule has 7 heteroatoms. The number of hydrogen-bond donors (Lipinski definition) is 2. The first-order valence-corrected chi connectivity index (χ1v) is 6.81. The first-order chi connectivity index (χ1) is 10.6. The number of carbonyl (C=O) groups excluding carboxylic acids is 2. The Balaban J connectivity index is 2.28. The molecule has 2 N–H and O–H groups in total. The summed E-state index contributed by atoms with van der Waals surface area (Å²) in [4.78, 5) is 24.8.